The minimum absolute atomic E-state index is 0.0191. The van der Waals surface area contributed by atoms with E-state index in [2.05, 4.69) is 26.1 Å². The van der Waals surface area contributed by atoms with Gasteiger partial charge in [0.1, 0.15) is 10.7 Å². The number of methoxy groups -OCH3 is 3. The minimum Gasteiger partial charge on any atom is -0.493 e. The quantitative estimate of drug-likeness (QED) is 0.121. The smallest absolute Gasteiger partial charge is 0.272 e. The van der Waals surface area contributed by atoms with Crippen molar-refractivity contribution in [3.63, 3.8) is 0 Å². The van der Waals surface area contributed by atoms with Crippen LogP contribution in [-0.4, -0.2) is 54.5 Å². The van der Waals surface area contributed by atoms with E-state index in [9.17, 15) is 14.4 Å². The van der Waals surface area contributed by atoms with Crippen LogP contribution in [0.25, 0.3) is 6.08 Å². The van der Waals surface area contributed by atoms with E-state index in [1.54, 1.807) is 60.7 Å². The summed E-state index contributed by atoms with van der Waals surface area (Å²) in [5.41, 5.74) is 1.36. The average molecular weight is 648 g/mol. The maximum absolute atomic E-state index is 13.7. The first kappa shape index (κ1) is 33.0. The van der Waals surface area contributed by atoms with Gasteiger partial charge in [0, 0.05) is 16.1 Å². The van der Waals surface area contributed by atoms with Crippen LogP contribution in [0.5, 0.6) is 17.2 Å². The summed E-state index contributed by atoms with van der Waals surface area (Å²) in [5, 5.41) is 17.1. The van der Waals surface area contributed by atoms with Crippen molar-refractivity contribution in [2.24, 2.45) is 0 Å². The van der Waals surface area contributed by atoms with Crippen molar-refractivity contribution in [2.45, 2.75) is 30.4 Å². The molecule has 0 spiro atoms. The van der Waals surface area contributed by atoms with E-state index in [0.29, 0.717) is 45.6 Å². The van der Waals surface area contributed by atoms with Gasteiger partial charge < -0.3 is 24.8 Å². The van der Waals surface area contributed by atoms with Crippen LogP contribution in [0.15, 0.2) is 77.3 Å². The number of carbonyl (C=O) groups is 3. The largest absolute Gasteiger partial charge is 0.493 e. The molecule has 1 atom stereocenters. The Morgan fingerprint density at radius 2 is 1.62 bits per heavy atom. The standard InChI is InChI=1S/C32H33N5O6S2/c1-6-27(31(40)35-32-37-36-19(2)44-32)45-23-14-10-13-22(18-23)33-30(39)24(34-29(38)21-11-8-7-9-12-21)15-20-16-25(41-3)28(43-5)26(17-20)42-4/h7-18,27H,6H2,1-5H3,(H,33,39)(H,34,38)(H,35,37,40)/b24-15+. The SMILES string of the molecule is CCC(Sc1cccc(NC(=O)/C(=C\c2cc(OC)c(OC)c(OC)c2)NC(=O)c2ccccc2)c1)C(=O)Nc1nnc(C)s1. The van der Waals surface area contributed by atoms with Gasteiger partial charge in [-0.15, -0.1) is 22.0 Å². The summed E-state index contributed by atoms with van der Waals surface area (Å²) in [4.78, 5) is 40.4. The summed E-state index contributed by atoms with van der Waals surface area (Å²) in [6.45, 7) is 3.74. The van der Waals surface area contributed by atoms with Crippen LogP contribution in [0, 0.1) is 6.92 Å². The average Bonchev–Trinajstić information content (AvgIpc) is 3.46. The van der Waals surface area contributed by atoms with E-state index in [4.69, 9.17) is 14.2 Å². The Morgan fingerprint density at radius 3 is 2.22 bits per heavy atom. The zero-order valence-corrected chi connectivity index (χ0v) is 27.0. The summed E-state index contributed by atoms with van der Waals surface area (Å²) in [5.74, 6) is -0.0474. The molecular formula is C32H33N5O6S2. The van der Waals surface area contributed by atoms with Gasteiger partial charge in [0.05, 0.1) is 26.6 Å². The van der Waals surface area contributed by atoms with Crippen LogP contribution < -0.4 is 30.2 Å². The lowest BCUT2D eigenvalue weighted by atomic mass is 10.1. The lowest BCUT2D eigenvalue weighted by Gasteiger charge is -2.16. The molecule has 0 aliphatic carbocycles. The molecule has 45 heavy (non-hydrogen) atoms. The Morgan fingerprint density at radius 1 is 0.911 bits per heavy atom. The van der Waals surface area contributed by atoms with Gasteiger partial charge >= 0.3 is 0 Å². The van der Waals surface area contributed by atoms with Crippen LogP contribution in [-0.2, 0) is 9.59 Å². The van der Waals surface area contributed by atoms with E-state index in [-0.39, 0.29) is 11.6 Å². The van der Waals surface area contributed by atoms with Gasteiger partial charge in [-0.25, -0.2) is 0 Å². The predicted octanol–water partition coefficient (Wildman–Crippen LogP) is 5.79. The molecule has 4 rings (SSSR count). The second kappa shape index (κ2) is 15.7. The zero-order valence-electron chi connectivity index (χ0n) is 25.4. The van der Waals surface area contributed by atoms with Crippen LogP contribution in [0.3, 0.4) is 0 Å². The number of nitrogens with zero attached hydrogens (tertiary/aromatic N) is 2. The Labute approximate surface area is 269 Å². The maximum atomic E-state index is 13.7. The molecule has 0 bridgehead atoms. The molecule has 0 saturated carbocycles. The van der Waals surface area contributed by atoms with Crippen molar-refractivity contribution in [1.29, 1.82) is 0 Å². The Bertz CT molecular complexity index is 1670. The van der Waals surface area contributed by atoms with Crippen molar-refractivity contribution in [3.05, 3.63) is 88.6 Å². The molecule has 13 heteroatoms. The minimum atomic E-state index is -0.563. The van der Waals surface area contributed by atoms with E-state index < -0.39 is 17.1 Å². The molecule has 3 N–H and O–H groups in total. The summed E-state index contributed by atoms with van der Waals surface area (Å²) < 4.78 is 16.3. The molecule has 1 heterocycles. The van der Waals surface area contributed by atoms with Crippen molar-refractivity contribution >= 4 is 57.7 Å². The Kier molecular flexibility index (Phi) is 11.5. The predicted molar refractivity (Wildman–Crippen MR) is 176 cm³/mol. The highest BCUT2D eigenvalue weighted by molar-refractivity contribution is 8.00. The number of thioether (sulfide) groups is 1. The molecule has 0 saturated heterocycles. The molecule has 0 radical (unpaired) electrons. The molecular weight excluding hydrogens is 615 g/mol. The molecule has 11 nitrogen and oxygen atoms in total. The zero-order chi connectivity index (χ0) is 32.3. The topological polar surface area (TPSA) is 141 Å². The van der Waals surface area contributed by atoms with E-state index in [0.717, 1.165) is 9.90 Å². The molecule has 0 aliphatic heterocycles. The van der Waals surface area contributed by atoms with Crippen molar-refractivity contribution < 1.29 is 28.6 Å². The molecule has 4 aromatic rings. The third kappa shape index (κ3) is 8.83. The second-order valence-corrected chi connectivity index (χ2v) is 11.9. The number of carbonyl (C=O) groups excluding carboxylic acids is 3. The number of ether oxygens (including phenoxy) is 3. The molecule has 1 unspecified atom stereocenters. The van der Waals surface area contributed by atoms with E-state index in [1.807, 2.05) is 19.9 Å². The Hall–Kier alpha value is -4.88. The Balaban J connectivity index is 1.58. The first-order valence-electron chi connectivity index (χ1n) is 13.8. The summed E-state index contributed by atoms with van der Waals surface area (Å²) in [7, 11) is 4.48. The highest BCUT2D eigenvalue weighted by Gasteiger charge is 2.21. The lowest BCUT2D eigenvalue weighted by Crippen LogP contribution is -2.30. The monoisotopic (exact) mass is 647 g/mol. The fraction of sp³-hybridized carbons (Fsp3) is 0.219. The van der Waals surface area contributed by atoms with Gasteiger partial charge in [-0.3, -0.25) is 19.7 Å². The molecule has 0 aliphatic rings. The number of hydrogen-bond donors (Lipinski definition) is 3. The molecule has 3 aromatic carbocycles. The second-order valence-electron chi connectivity index (χ2n) is 9.45. The number of amides is 3. The van der Waals surface area contributed by atoms with Crippen LogP contribution >= 0.6 is 23.1 Å². The summed E-state index contributed by atoms with van der Waals surface area (Å²) in [6.07, 6.45) is 2.09. The first-order chi connectivity index (χ1) is 21.7. The summed E-state index contributed by atoms with van der Waals surface area (Å²) in [6, 6.07) is 19.0. The number of benzene rings is 3. The molecule has 1 aromatic heterocycles. The van der Waals surface area contributed by atoms with Crippen LogP contribution in [0.4, 0.5) is 10.8 Å². The number of aryl methyl sites for hydroxylation is 1. The maximum Gasteiger partial charge on any atom is 0.272 e. The number of nitrogens with one attached hydrogen (secondary N) is 3. The number of rotatable bonds is 13. The van der Waals surface area contributed by atoms with Gasteiger partial charge in [-0.1, -0.05) is 42.5 Å². The fourth-order valence-corrected chi connectivity index (χ4v) is 5.77. The number of aromatic nitrogens is 2. The van der Waals surface area contributed by atoms with Crippen molar-refractivity contribution in [1.82, 2.24) is 15.5 Å². The van der Waals surface area contributed by atoms with Crippen molar-refractivity contribution in [2.75, 3.05) is 32.0 Å². The molecule has 234 valence electrons. The normalized spacial score (nSPS) is 11.7. The first-order valence-corrected chi connectivity index (χ1v) is 15.5. The van der Waals surface area contributed by atoms with Gasteiger partial charge in [0.15, 0.2) is 11.5 Å². The van der Waals surface area contributed by atoms with Crippen molar-refractivity contribution in [3.8, 4) is 17.2 Å². The summed E-state index contributed by atoms with van der Waals surface area (Å²) >= 11 is 2.67. The van der Waals surface area contributed by atoms with Crippen LogP contribution in [0.2, 0.25) is 0 Å². The van der Waals surface area contributed by atoms with Gasteiger partial charge in [-0.05, 0) is 67.4 Å². The van der Waals surface area contributed by atoms with Crippen LogP contribution in [0.1, 0.15) is 34.3 Å². The number of hydrogen-bond acceptors (Lipinski definition) is 10. The third-order valence-electron chi connectivity index (χ3n) is 6.32. The van der Waals surface area contributed by atoms with Gasteiger partial charge in [0.25, 0.3) is 11.8 Å². The highest BCUT2D eigenvalue weighted by Crippen LogP contribution is 2.38. The van der Waals surface area contributed by atoms with Gasteiger partial charge in [0.2, 0.25) is 16.8 Å². The van der Waals surface area contributed by atoms with E-state index >= 15 is 0 Å². The fourth-order valence-electron chi connectivity index (χ4n) is 4.16. The van der Waals surface area contributed by atoms with Gasteiger partial charge in [-0.2, -0.15) is 0 Å². The highest BCUT2D eigenvalue weighted by atomic mass is 32.2. The number of anilines is 2. The van der Waals surface area contributed by atoms with E-state index in [1.165, 1.54) is 50.5 Å². The molecule has 3 amide bonds. The molecule has 0 fully saturated rings. The third-order valence-corrected chi connectivity index (χ3v) is 8.43. The lowest BCUT2D eigenvalue weighted by molar-refractivity contribution is -0.116.